The van der Waals surface area contributed by atoms with E-state index in [-0.39, 0.29) is 23.7 Å². The van der Waals surface area contributed by atoms with E-state index in [1.807, 2.05) is 31.2 Å². The Balaban J connectivity index is 1.48. The van der Waals surface area contributed by atoms with Crippen LogP contribution in [0.15, 0.2) is 69.6 Å². The number of fused-ring (bicyclic) bond motifs is 1. The molecule has 5 aromatic rings. The van der Waals surface area contributed by atoms with Gasteiger partial charge in [0, 0.05) is 30.1 Å². The minimum atomic E-state index is -0.382. The Morgan fingerprint density at radius 1 is 1.02 bits per heavy atom. The van der Waals surface area contributed by atoms with Crippen LogP contribution in [0.5, 0.6) is 5.75 Å². The summed E-state index contributed by atoms with van der Waals surface area (Å²) < 4.78 is 30.6. The van der Waals surface area contributed by atoms with Gasteiger partial charge in [-0.3, -0.25) is 14.5 Å². The number of carbonyl (C=O) groups excluding carboxylic acids is 2. The topological polar surface area (TPSA) is 97.8 Å². The number of hydrogen-bond acceptors (Lipinski definition) is 6. The third-order valence-corrected chi connectivity index (χ3v) is 7.33. The summed E-state index contributed by atoms with van der Waals surface area (Å²) in [6.45, 7) is 3.73. The number of carbonyl (C=O) groups is 2. The molecule has 1 N–H and O–H groups in total. The number of benzene rings is 3. The predicted molar refractivity (Wildman–Crippen MR) is 153 cm³/mol. The molecule has 0 unspecified atom stereocenters. The van der Waals surface area contributed by atoms with Crippen molar-refractivity contribution in [3.8, 4) is 28.2 Å². The maximum Gasteiger partial charge on any atom is 0.263 e. The molecule has 2 amide bonds. The van der Waals surface area contributed by atoms with Crippen LogP contribution < -0.4 is 15.0 Å². The van der Waals surface area contributed by atoms with Gasteiger partial charge in [-0.25, -0.2) is 4.39 Å². The van der Waals surface area contributed by atoms with Gasteiger partial charge in [-0.05, 0) is 91.9 Å². The van der Waals surface area contributed by atoms with Crippen LogP contribution in [-0.4, -0.2) is 37.2 Å². The number of anilines is 1. The molecule has 6 rings (SSSR count). The lowest BCUT2D eigenvalue weighted by molar-refractivity contribution is 0.0961. The zero-order valence-electron chi connectivity index (χ0n) is 23.1. The third kappa shape index (κ3) is 4.73. The van der Waals surface area contributed by atoms with Crippen molar-refractivity contribution in [1.29, 1.82) is 0 Å². The smallest absolute Gasteiger partial charge is 0.263 e. The molecule has 9 heteroatoms. The second-order valence-corrected chi connectivity index (χ2v) is 10.2. The Labute approximate surface area is 235 Å². The van der Waals surface area contributed by atoms with Crippen LogP contribution in [0.2, 0.25) is 0 Å². The number of aryl methyl sites for hydroxylation is 2. The van der Waals surface area contributed by atoms with Crippen LogP contribution in [0.4, 0.5) is 10.2 Å². The molecular formula is C32H28FN3O5. The minimum absolute atomic E-state index is 0.0451. The fourth-order valence-electron chi connectivity index (χ4n) is 5.13. The van der Waals surface area contributed by atoms with E-state index in [0.29, 0.717) is 50.7 Å². The van der Waals surface area contributed by atoms with Crippen molar-refractivity contribution in [2.45, 2.75) is 32.7 Å². The van der Waals surface area contributed by atoms with Gasteiger partial charge >= 0.3 is 0 Å². The summed E-state index contributed by atoms with van der Waals surface area (Å²) in [5.74, 6) is 0.960. The van der Waals surface area contributed by atoms with Crippen LogP contribution >= 0.6 is 0 Å². The molecule has 0 radical (unpaired) electrons. The molecule has 41 heavy (non-hydrogen) atoms. The number of hydrogen-bond donors (Lipinski definition) is 1. The lowest BCUT2D eigenvalue weighted by atomic mass is 9.95. The molecular weight excluding hydrogens is 525 g/mol. The molecule has 0 spiro atoms. The van der Waals surface area contributed by atoms with E-state index in [2.05, 4.69) is 10.5 Å². The second kappa shape index (κ2) is 10.2. The van der Waals surface area contributed by atoms with E-state index < -0.39 is 0 Å². The van der Waals surface area contributed by atoms with Crippen molar-refractivity contribution < 1.29 is 27.7 Å². The lowest BCUT2D eigenvalue weighted by Crippen LogP contribution is -2.33. The van der Waals surface area contributed by atoms with Gasteiger partial charge < -0.3 is 19.0 Å². The van der Waals surface area contributed by atoms with Gasteiger partial charge in [0.05, 0.1) is 18.2 Å². The van der Waals surface area contributed by atoms with Gasteiger partial charge in [0.2, 0.25) is 0 Å². The van der Waals surface area contributed by atoms with E-state index in [1.165, 1.54) is 19.2 Å². The molecule has 2 heterocycles. The number of ether oxygens (including phenoxy) is 1. The maximum atomic E-state index is 14.0. The Morgan fingerprint density at radius 2 is 1.76 bits per heavy atom. The summed E-state index contributed by atoms with van der Waals surface area (Å²) in [4.78, 5) is 28.7. The van der Waals surface area contributed by atoms with Crippen molar-refractivity contribution in [3.05, 3.63) is 88.9 Å². The highest BCUT2D eigenvalue weighted by Gasteiger charge is 2.37. The molecule has 0 saturated heterocycles. The number of nitrogens with zero attached hydrogens (tertiary/aromatic N) is 2. The van der Waals surface area contributed by atoms with Gasteiger partial charge in [0.1, 0.15) is 28.7 Å². The first-order chi connectivity index (χ1) is 19.8. The summed E-state index contributed by atoms with van der Waals surface area (Å²) in [5, 5.41) is 7.38. The van der Waals surface area contributed by atoms with E-state index in [1.54, 1.807) is 43.1 Å². The normalized spacial score (nSPS) is 12.9. The molecule has 1 aliphatic rings. The van der Waals surface area contributed by atoms with Gasteiger partial charge in [0.25, 0.3) is 11.8 Å². The van der Waals surface area contributed by atoms with Crippen LogP contribution in [-0.2, 0) is 0 Å². The fraction of sp³-hybridized carbons (Fsp3) is 0.219. The SMILES string of the molecule is CNC(=O)c1c(-c2ccc(F)cc2)oc2ccc(-c3cc(C(=O)N(c4cc(C)on4)C4CC4)c(OC)cc3C)cc12. The summed E-state index contributed by atoms with van der Waals surface area (Å²) in [5.41, 5.74) is 4.31. The highest BCUT2D eigenvalue weighted by atomic mass is 19.1. The number of methoxy groups -OCH3 is 1. The largest absolute Gasteiger partial charge is 0.496 e. The van der Waals surface area contributed by atoms with E-state index >= 15 is 0 Å². The summed E-state index contributed by atoms with van der Waals surface area (Å²) >= 11 is 0. The number of nitrogens with one attached hydrogen (secondary N) is 1. The standard InChI is InChI=1S/C32H28FN3O5/c1-17-13-27(39-4)25(32(38)36(22-10-11-22)28-14-18(2)41-35-28)16-23(17)20-7-12-26-24(15-20)29(31(37)34-3)30(40-26)19-5-8-21(33)9-6-19/h5-9,12-16,22H,10-11H2,1-4H3,(H,34,37). The van der Waals surface area contributed by atoms with E-state index in [4.69, 9.17) is 13.7 Å². The molecule has 1 fully saturated rings. The summed E-state index contributed by atoms with van der Waals surface area (Å²) in [6.07, 6.45) is 1.77. The molecule has 3 aromatic carbocycles. The highest BCUT2D eigenvalue weighted by molar-refractivity contribution is 6.12. The Bertz CT molecular complexity index is 1800. The molecule has 0 aliphatic heterocycles. The Kier molecular flexibility index (Phi) is 6.57. The van der Waals surface area contributed by atoms with Crippen molar-refractivity contribution in [3.63, 3.8) is 0 Å². The first-order valence-electron chi connectivity index (χ1n) is 13.3. The molecule has 208 valence electrons. The average Bonchev–Trinajstić information content (AvgIpc) is 3.60. The molecule has 2 aromatic heterocycles. The minimum Gasteiger partial charge on any atom is -0.496 e. The molecule has 0 bridgehead atoms. The monoisotopic (exact) mass is 553 g/mol. The van der Waals surface area contributed by atoms with E-state index in [9.17, 15) is 14.0 Å². The van der Waals surface area contributed by atoms with Crippen LogP contribution in [0.3, 0.4) is 0 Å². The van der Waals surface area contributed by atoms with Gasteiger partial charge in [0.15, 0.2) is 5.82 Å². The summed E-state index contributed by atoms with van der Waals surface area (Å²) in [7, 11) is 3.09. The fourth-order valence-corrected chi connectivity index (χ4v) is 5.13. The maximum absolute atomic E-state index is 14.0. The van der Waals surface area contributed by atoms with Crippen LogP contribution in [0.1, 0.15) is 44.9 Å². The average molecular weight is 554 g/mol. The number of amides is 2. The Hall–Kier alpha value is -4.92. The first-order valence-corrected chi connectivity index (χ1v) is 13.3. The van der Waals surface area contributed by atoms with E-state index in [0.717, 1.165) is 29.5 Å². The zero-order chi connectivity index (χ0) is 28.8. The Morgan fingerprint density at radius 3 is 2.39 bits per heavy atom. The third-order valence-electron chi connectivity index (χ3n) is 7.33. The number of furan rings is 1. The highest BCUT2D eigenvalue weighted by Crippen LogP contribution is 2.39. The predicted octanol–water partition coefficient (Wildman–Crippen LogP) is 6.69. The van der Waals surface area contributed by atoms with Crippen molar-refractivity contribution in [2.75, 3.05) is 19.1 Å². The van der Waals surface area contributed by atoms with Gasteiger partial charge in [-0.1, -0.05) is 11.2 Å². The number of halogens is 1. The molecule has 1 aliphatic carbocycles. The summed E-state index contributed by atoms with van der Waals surface area (Å²) in [6, 6.07) is 16.8. The van der Waals surface area contributed by atoms with Crippen LogP contribution in [0, 0.1) is 19.7 Å². The van der Waals surface area contributed by atoms with Gasteiger partial charge in [-0.2, -0.15) is 0 Å². The van der Waals surface area contributed by atoms with Crippen LogP contribution in [0.25, 0.3) is 33.4 Å². The second-order valence-electron chi connectivity index (χ2n) is 10.2. The molecule has 8 nitrogen and oxygen atoms in total. The zero-order valence-corrected chi connectivity index (χ0v) is 23.1. The lowest BCUT2D eigenvalue weighted by Gasteiger charge is -2.21. The van der Waals surface area contributed by atoms with Crippen molar-refractivity contribution in [2.24, 2.45) is 0 Å². The molecule has 0 atom stereocenters. The van der Waals surface area contributed by atoms with Crippen molar-refractivity contribution in [1.82, 2.24) is 10.5 Å². The first kappa shape index (κ1) is 26.3. The van der Waals surface area contributed by atoms with Gasteiger partial charge in [-0.15, -0.1) is 0 Å². The quantitative estimate of drug-likeness (QED) is 0.241. The molecule has 1 saturated carbocycles. The van der Waals surface area contributed by atoms with Crippen molar-refractivity contribution >= 4 is 28.6 Å². The number of aromatic nitrogens is 1. The number of rotatable bonds is 7.